The molecule has 1 aliphatic heterocycles. The van der Waals surface area contributed by atoms with E-state index in [0.717, 1.165) is 13.1 Å². The molecule has 0 atom stereocenters. The van der Waals surface area contributed by atoms with Gasteiger partial charge in [-0.2, -0.15) is 0 Å². The highest BCUT2D eigenvalue weighted by Crippen LogP contribution is 2.26. The second kappa shape index (κ2) is 4.75. The molecule has 1 aromatic heterocycles. The zero-order valence-corrected chi connectivity index (χ0v) is 10.1. The Bertz CT molecular complexity index is 396. The van der Waals surface area contributed by atoms with E-state index in [1.807, 2.05) is 0 Å². The van der Waals surface area contributed by atoms with Crippen molar-refractivity contribution < 1.29 is 14.3 Å². The molecule has 94 valence electrons. The molecule has 2 rings (SSSR count). The maximum atomic E-state index is 11.9. The molecule has 1 N–H and O–H groups in total. The summed E-state index contributed by atoms with van der Waals surface area (Å²) >= 11 is 0. The van der Waals surface area contributed by atoms with Gasteiger partial charge in [-0.05, 0) is 13.1 Å². The van der Waals surface area contributed by atoms with Gasteiger partial charge in [-0.1, -0.05) is 0 Å². The highest BCUT2D eigenvalue weighted by atomic mass is 16.6. The van der Waals surface area contributed by atoms with Gasteiger partial charge >= 0.3 is 5.97 Å². The molecule has 0 aromatic carbocycles. The molecule has 1 fully saturated rings. The van der Waals surface area contributed by atoms with Gasteiger partial charge in [-0.3, -0.25) is 4.68 Å². The van der Waals surface area contributed by atoms with Crippen LogP contribution in [0.3, 0.4) is 0 Å². The smallest absolute Gasteiger partial charge is 0.350 e. The van der Waals surface area contributed by atoms with Gasteiger partial charge in [0.2, 0.25) is 11.5 Å². The number of hydrogen-bond acceptors (Lipinski definition) is 5. The third-order valence-corrected chi connectivity index (χ3v) is 2.96. The fraction of sp³-hybridized carbons (Fsp3) is 0.636. The molecule has 0 spiro atoms. The van der Waals surface area contributed by atoms with Crippen molar-refractivity contribution in [2.24, 2.45) is 7.05 Å². The summed E-state index contributed by atoms with van der Waals surface area (Å²) in [5, 5.41) is 7.33. The fourth-order valence-electron chi connectivity index (χ4n) is 2.01. The topological polar surface area (TPSA) is 65.4 Å². The summed E-state index contributed by atoms with van der Waals surface area (Å²) in [4.78, 5) is 11.9. The van der Waals surface area contributed by atoms with E-state index in [1.54, 1.807) is 24.0 Å². The lowest BCUT2D eigenvalue weighted by molar-refractivity contribution is -0.161. The van der Waals surface area contributed by atoms with Gasteiger partial charge in [0.05, 0.1) is 7.11 Å². The Morgan fingerprint density at radius 3 is 2.76 bits per heavy atom. The zero-order chi connectivity index (χ0) is 12.3. The highest BCUT2D eigenvalue weighted by Gasteiger charge is 2.43. The lowest BCUT2D eigenvalue weighted by atomic mass is 9.92. The number of rotatable bonds is 3. The van der Waals surface area contributed by atoms with E-state index in [1.165, 1.54) is 7.11 Å². The van der Waals surface area contributed by atoms with Crippen molar-refractivity contribution in [3.63, 3.8) is 0 Å². The van der Waals surface area contributed by atoms with Gasteiger partial charge in [0.15, 0.2) is 0 Å². The Labute approximate surface area is 99.9 Å². The minimum absolute atomic E-state index is 0.329. The Morgan fingerprint density at radius 1 is 1.53 bits per heavy atom. The highest BCUT2D eigenvalue weighted by molar-refractivity contribution is 5.80. The largest absolute Gasteiger partial charge is 0.466 e. The van der Waals surface area contributed by atoms with Gasteiger partial charge < -0.3 is 14.8 Å². The van der Waals surface area contributed by atoms with E-state index < -0.39 is 5.60 Å². The molecule has 0 bridgehead atoms. The normalized spacial score (nSPS) is 18.7. The van der Waals surface area contributed by atoms with Crippen molar-refractivity contribution in [2.45, 2.75) is 18.4 Å². The summed E-state index contributed by atoms with van der Waals surface area (Å²) in [5.74, 6) is 0.129. The van der Waals surface area contributed by atoms with Crippen LogP contribution in [0.5, 0.6) is 5.88 Å². The predicted molar refractivity (Wildman–Crippen MR) is 60.7 cm³/mol. The van der Waals surface area contributed by atoms with Crippen LogP contribution >= 0.6 is 0 Å². The molecule has 2 heterocycles. The number of nitrogens with one attached hydrogen (secondary N) is 1. The monoisotopic (exact) mass is 239 g/mol. The molecule has 0 saturated carbocycles. The third-order valence-electron chi connectivity index (χ3n) is 2.96. The van der Waals surface area contributed by atoms with Crippen LogP contribution in [-0.4, -0.2) is 41.6 Å². The molecule has 17 heavy (non-hydrogen) atoms. The van der Waals surface area contributed by atoms with Crippen LogP contribution < -0.4 is 10.1 Å². The van der Waals surface area contributed by atoms with E-state index >= 15 is 0 Å². The Hall–Kier alpha value is -1.56. The third kappa shape index (κ3) is 2.41. The molecule has 0 unspecified atom stereocenters. The molecule has 1 aliphatic rings. The standard InChI is InChI=1S/C11H17N3O3/c1-14-8-3-9(13-14)17-11(10(15)16-2)4-6-12-7-5-11/h3,8,12H,4-7H2,1-2H3. The number of aryl methyl sites for hydroxylation is 1. The average molecular weight is 239 g/mol. The number of nitrogens with zero attached hydrogens (tertiary/aromatic N) is 2. The number of piperidine rings is 1. The number of carbonyl (C=O) groups excluding carboxylic acids is 1. The van der Waals surface area contributed by atoms with E-state index in [-0.39, 0.29) is 5.97 Å². The van der Waals surface area contributed by atoms with E-state index in [2.05, 4.69) is 10.4 Å². The van der Waals surface area contributed by atoms with Gasteiger partial charge in [0.1, 0.15) is 0 Å². The van der Waals surface area contributed by atoms with Crippen LogP contribution in [0.4, 0.5) is 0 Å². The summed E-state index contributed by atoms with van der Waals surface area (Å²) in [6, 6.07) is 1.74. The summed E-state index contributed by atoms with van der Waals surface area (Å²) in [6.07, 6.45) is 2.97. The fourth-order valence-corrected chi connectivity index (χ4v) is 2.01. The van der Waals surface area contributed by atoms with Crippen LogP contribution in [-0.2, 0) is 16.6 Å². The van der Waals surface area contributed by atoms with E-state index in [0.29, 0.717) is 18.7 Å². The molecule has 1 aromatic rings. The van der Waals surface area contributed by atoms with Gasteiger partial charge in [-0.15, -0.1) is 5.10 Å². The van der Waals surface area contributed by atoms with Gasteiger partial charge in [-0.25, -0.2) is 4.79 Å². The van der Waals surface area contributed by atoms with E-state index in [9.17, 15) is 4.79 Å². The molecule has 6 heteroatoms. The SMILES string of the molecule is COC(=O)C1(Oc2ccn(C)n2)CCNCC1. The van der Waals surface area contributed by atoms with Crippen molar-refractivity contribution in [2.75, 3.05) is 20.2 Å². The molecular weight excluding hydrogens is 222 g/mol. The maximum Gasteiger partial charge on any atom is 0.350 e. The lowest BCUT2D eigenvalue weighted by Crippen LogP contribution is -2.52. The Morgan fingerprint density at radius 2 is 2.24 bits per heavy atom. The molecule has 0 aliphatic carbocycles. The van der Waals surface area contributed by atoms with Crippen LogP contribution in [0.2, 0.25) is 0 Å². The van der Waals surface area contributed by atoms with Crippen molar-refractivity contribution in [3.8, 4) is 5.88 Å². The molecule has 6 nitrogen and oxygen atoms in total. The molecule has 1 saturated heterocycles. The summed E-state index contributed by atoms with van der Waals surface area (Å²) < 4.78 is 12.3. The molecule has 0 amide bonds. The summed E-state index contributed by atoms with van der Waals surface area (Å²) in [6.45, 7) is 1.48. The first-order chi connectivity index (χ1) is 8.16. The van der Waals surface area contributed by atoms with Crippen LogP contribution in [0, 0.1) is 0 Å². The van der Waals surface area contributed by atoms with Crippen LogP contribution in [0.15, 0.2) is 12.3 Å². The predicted octanol–water partition coefficient (Wildman–Crippen LogP) is 0.0941. The van der Waals surface area contributed by atoms with Crippen molar-refractivity contribution in [1.29, 1.82) is 0 Å². The van der Waals surface area contributed by atoms with Crippen LogP contribution in [0.25, 0.3) is 0 Å². The van der Waals surface area contributed by atoms with Gasteiger partial charge in [0.25, 0.3) is 0 Å². The number of aromatic nitrogens is 2. The minimum Gasteiger partial charge on any atom is -0.466 e. The summed E-state index contributed by atoms with van der Waals surface area (Å²) in [7, 11) is 3.19. The Balaban J connectivity index is 2.18. The van der Waals surface area contributed by atoms with Crippen LogP contribution in [0.1, 0.15) is 12.8 Å². The minimum atomic E-state index is -0.894. The second-order valence-electron chi connectivity index (χ2n) is 4.17. The van der Waals surface area contributed by atoms with Crippen molar-refractivity contribution >= 4 is 5.97 Å². The first-order valence-corrected chi connectivity index (χ1v) is 5.64. The number of carbonyl (C=O) groups is 1. The number of methoxy groups -OCH3 is 1. The van der Waals surface area contributed by atoms with Gasteiger partial charge in [0, 0.05) is 32.2 Å². The van der Waals surface area contributed by atoms with Crippen molar-refractivity contribution in [3.05, 3.63) is 12.3 Å². The zero-order valence-electron chi connectivity index (χ0n) is 10.1. The number of hydrogen-bond donors (Lipinski definition) is 1. The second-order valence-corrected chi connectivity index (χ2v) is 4.17. The number of ether oxygens (including phenoxy) is 2. The Kier molecular flexibility index (Phi) is 3.33. The first kappa shape index (κ1) is 11.9. The molecule has 0 radical (unpaired) electrons. The van der Waals surface area contributed by atoms with Crippen molar-refractivity contribution in [1.82, 2.24) is 15.1 Å². The maximum absolute atomic E-state index is 11.9. The first-order valence-electron chi connectivity index (χ1n) is 5.64. The number of esters is 1. The quantitative estimate of drug-likeness (QED) is 0.757. The van der Waals surface area contributed by atoms with E-state index in [4.69, 9.17) is 9.47 Å². The molecular formula is C11H17N3O3. The summed E-state index contributed by atoms with van der Waals surface area (Å²) in [5.41, 5.74) is -0.894. The lowest BCUT2D eigenvalue weighted by Gasteiger charge is -2.34. The average Bonchev–Trinajstić information content (AvgIpc) is 2.74.